The minimum Gasteiger partial charge on any atom is -0.366 e. The summed E-state index contributed by atoms with van der Waals surface area (Å²) in [5, 5.41) is 1.68. The molecule has 1 saturated heterocycles. The second-order valence-corrected chi connectivity index (χ2v) is 7.72. The van der Waals surface area contributed by atoms with Crippen LogP contribution in [0.4, 0.5) is 0 Å². The van der Waals surface area contributed by atoms with E-state index in [1.54, 1.807) is 11.4 Å². The van der Waals surface area contributed by atoms with Crippen LogP contribution in [0, 0.1) is 5.41 Å². The standard InChI is InChI=1S/C17H24N2O2S/c18-15(20)13-10-14(22-11-13)16(21)19-9-5-8-17(12-19)6-3-1-2-4-7-17/h10-11H,1-9,12H2,(H2,18,20). The molecule has 1 spiro atoms. The highest BCUT2D eigenvalue weighted by Gasteiger charge is 2.37. The average Bonchev–Trinajstić information content (AvgIpc) is 2.91. The fourth-order valence-corrected chi connectivity index (χ4v) is 4.86. The van der Waals surface area contributed by atoms with Crippen molar-refractivity contribution in [2.24, 2.45) is 11.1 Å². The number of nitrogens with zero attached hydrogens (tertiary/aromatic N) is 1. The molecule has 0 bridgehead atoms. The first-order valence-electron chi connectivity index (χ1n) is 8.27. The van der Waals surface area contributed by atoms with Crippen LogP contribution in [0.25, 0.3) is 0 Å². The first-order chi connectivity index (χ1) is 10.6. The van der Waals surface area contributed by atoms with Gasteiger partial charge in [-0.3, -0.25) is 9.59 Å². The SMILES string of the molecule is NC(=O)c1csc(C(=O)N2CCCC3(CCCCCC3)C2)c1. The van der Waals surface area contributed by atoms with Gasteiger partial charge in [0.2, 0.25) is 5.91 Å². The van der Waals surface area contributed by atoms with Gasteiger partial charge >= 0.3 is 0 Å². The van der Waals surface area contributed by atoms with Crippen molar-refractivity contribution in [1.82, 2.24) is 4.90 Å². The Morgan fingerprint density at radius 1 is 1.09 bits per heavy atom. The maximum Gasteiger partial charge on any atom is 0.263 e. The van der Waals surface area contributed by atoms with Gasteiger partial charge in [-0.25, -0.2) is 0 Å². The van der Waals surface area contributed by atoms with Crippen molar-refractivity contribution in [3.05, 3.63) is 21.9 Å². The van der Waals surface area contributed by atoms with E-state index in [1.165, 1.54) is 56.3 Å². The van der Waals surface area contributed by atoms with Crippen LogP contribution in [0.3, 0.4) is 0 Å². The van der Waals surface area contributed by atoms with Crippen LogP contribution in [0.5, 0.6) is 0 Å². The topological polar surface area (TPSA) is 63.4 Å². The summed E-state index contributed by atoms with van der Waals surface area (Å²) in [6.45, 7) is 1.72. The van der Waals surface area contributed by atoms with Crippen molar-refractivity contribution in [1.29, 1.82) is 0 Å². The molecule has 1 aromatic rings. The van der Waals surface area contributed by atoms with Crippen LogP contribution in [-0.4, -0.2) is 29.8 Å². The molecule has 120 valence electrons. The van der Waals surface area contributed by atoms with E-state index >= 15 is 0 Å². The molecule has 5 heteroatoms. The van der Waals surface area contributed by atoms with E-state index in [0.717, 1.165) is 19.5 Å². The van der Waals surface area contributed by atoms with E-state index in [4.69, 9.17) is 5.73 Å². The van der Waals surface area contributed by atoms with Gasteiger partial charge in [-0.2, -0.15) is 0 Å². The summed E-state index contributed by atoms with van der Waals surface area (Å²) in [4.78, 5) is 26.6. The Kier molecular flexibility index (Phi) is 4.52. The minimum atomic E-state index is -0.464. The first-order valence-corrected chi connectivity index (χ1v) is 9.15. The number of piperidine rings is 1. The van der Waals surface area contributed by atoms with E-state index in [2.05, 4.69) is 0 Å². The normalized spacial score (nSPS) is 21.5. The van der Waals surface area contributed by atoms with E-state index in [9.17, 15) is 9.59 Å². The third-order valence-corrected chi connectivity index (χ3v) is 6.13. The van der Waals surface area contributed by atoms with Gasteiger partial charge in [-0.1, -0.05) is 25.7 Å². The van der Waals surface area contributed by atoms with Crippen molar-refractivity contribution < 1.29 is 9.59 Å². The quantitative estimate of drug-likeness (QED) is 0.907. The molecule has 1 aromatic heterocycles. The van der Waals surface area contributed by atoms with Gasteiger partial charge in [-0.05, 0) is 37.2 Å². The maximum absolute atomic E-state index is 12.7. The summed E-state index contributed by atoms with van der Waals surface area (Å²) in [5.41, 5.74) is 6.06. The lowest BCUT2D eigenvalue weighted by molar-refractivity contribution is 0.0469. The van der Waals surface area contributed by atoms with Gasteiger partial charge < -0.3 is 10.6 Å². The van der Waals surface area contributed by atoms with Crippen molar-refractivity contribution in [2.75, 3.05) is 13.1 Å². The van der Waals surface area contributed by atoms with Crippen LogP contribution in [0.1, 0.15) is 71.4 Å². The van der Waals surface area contributed by atoms with Gasteiger partial charge in [0.05, 0.1) is 10.4 Å². The molecule has 22 heavy (non-hydrogen) atoms. The Morgan fingerprint density at radius 2 is 1.77 bits per heavy atom. The first kappa shape index (κ1) is 15.5. The fourth-order valence-electron chi connectivity index (χ4n) is 4.00. The number of amides is 2. The van der Waals surface area contributed by atoms with Crippen molar-refractivity contribution in [3.63, 3.8) is 0 Å². The molecule has 2 fully saturated rings. The van der Waals surface area contributed by atoms with E-state index in [-0.39, 0.29) is 5.91 Å². The zero-order valence-electron chi connectivity index (χ0n) is 13.0. The summed E-state index contributed by atoms with van der Waals surface area (Å²) in [5.74, 6) is -0.394. The van der Waals surface area contributed by atoms with E-state index in [0.29, 0.717) is 15.9 Å². The summed E-state index contributed by atoms with van der Waals surface area (Å²) < 4.78 is 0. The number of hydrogen-bond donors (Lipinski definition) is 1. The molecule has 2 amide bonds. The predicted octanol–water partition coefficient (Wildman–Crippen LogP) is 3.42. The highest BCUT2D eigenvalue weighted by Crippen LogP contribution is 2.42. The fraction of sp³-hybridized carbons (Fsp3) is 0.647. The Balaban J connectivity index is 1.73. The third kappa shape index (κ3) is 3.19. The Hall–Kier alpha value is -1.36. The van der Waals surface area contributed by atoms with E-state index < -0.39 is 5.91 Å². The van der Waals surface area contributed by atoms with Gasteiger partial charge in [0, 0.05) is 18.5 Å². The number of nitrogens with two attached hydrogens (primary N) is 1. The van der Waals surface area contributed by atoms with Gasteiger partial charge in [-0.15, -0.1) is 11.3 Å². The highest BCUT2D eigenvalue weighted by molar-refractivity contribution is 7.12. The number of carbonyl (C=O) groups is 2. The number of primary amides is 1. The smallest absolute Gasteiger partial charge is 0.263 e. The Morgan fingerprint density at radius 3 is 2.41 bits per heavy atom. The van der Waals surface area contributed by atoms with Gasteiger partial charge in [0.1, 0.15) is 0 Å². The molecule has 2 heterocycles. The van der Waals surface area contributed by atoms with Gasteiger partial charge in [0.25, 0.3) is 5.91 Å². The second kappa shape index (κ2) is 6.41. The molecular weight excluding hydrogens is 296 g/mol. The molecule has 0 aromatic carbocycles. The lowest BCUT2D eigenvalue weighted by Crippen LogP contribution is -2.45. The van der Waals surface area contributed by atoms with E-state index in [1.807, 2.05) is 4.90 Å². The van der Waals surface area contributed by atoms with Crippen LogP contribution >= 0.6 is 11.3 Å². The maximum atomic E-state index is 12.7. The van der Waals surface area contributed by atoms with Crippen molar-refractivity contribution in [3.8, 4) is 0 Å². The monoisotopic (exact) mass is 320 g/mol. The largest absolute Gasteiger partial charge is 0.366 e. The Bertz CT molecular complexity index is 559. The van der Waals surface area contributed by atoms with Crippen molar-refractivity contribution in [2.45, 2.75) is 51.4 Å². The van der Waals surface area contributed by atoms with Crippen LogP contribution < -0.4 is 5.73 Å². The molecule has 0 radical (unpaired) electrons. The molecule has 0 atom stereocenters. The number of hydrogen-bond acceptors (Lipinski definition) is 3. The number of rotatable bonds is 2. The van der Waals surface area contributed by atoms with Crippen molar-refractivity contribution >= 4 is 23.2 Å². The number of thiophene rings is 1. The molecule has 0 unspecified atom stereocenters. The van der Waals surface area contributed by atoms with Crippen LogP contribution in [0.2, 0.25) is 0 Å². The van der Waals surface area contributed by atoms with Crippen LogP contribution in [-0.2, 0) is 0 Å². The molecule has 2 N–H and O–H groups in total. The van der Waals surface area contributed by atoms with Gasteiger partial charge in [0.15, 0.2) is 0 Å². The molecule has 1 aliphatic heterocycles. The lowest BCUT2D eigenvalue weighted by atomic mass is 9.74. The second-order valence-electron chi connectivity index (χ2n) is 6.81. The molecular formula is C17H24N2O2S. The Labute approximate surface area is 135 Å². The zero-order valence-corrected chi connectivity index (χ0v) is 13.8. The lowest BCUT2D eigenvalue weighted by Gasteiger charge is -2.42. The minimum absolute atomic E-state index is 0.0702. The van der Waals surface area contributed by atoms with Crippen LogP contribution in [0.15, 0.2) is 11.4 Å². The molecule has 3 rings (SSSR count). The summed E-state index contributed by atoms with van der Waals surface area (Å²) in [6.07, 6.45) is 10.1. The molecule has 1 aliphatic carbocycles. The summed E-state index contributed by atoms with van der Waals surface area (Å²) in [6, 6.07) is 1.64. The number of carbonyl (C=O) groups excluding carboxylic acids is 2. The summed E-state index contributed by atoms with van der Waals surface area (Å²) >= 11 is 1.33. The molecule has 1 saturated carbocycles. The predicted molar refractivity (Wildman–Crippen MR) is 88.1 cm³/mol. The third-order valence-electron chi connectivity index (χ3n) is 5.21. The molecule has 2 aliphatic rings. The average molecular weight is 320 g/mol. The molecule has 4 nitrogen and oxygen atoms in total. The number of likely N-dealkylation sites (tertiary alicyclic amines) is 1. The zero-order chi connectivity index (χ0) is 15.6. The highest BCUT2D eigenvalue weighted by atomic mass is 32.1. The summed E-state index contributed by atoms with van der Waals surface area (Å²) in [7, 11) is 0.